The molecular weight excluding hydrogens is 250 g/mol. The second kappa shape index (κ2) is 8.22. The van der Waals surface area contributed by atoms with E-state index < -0.39 is 0 Å². The van der Waals surface area contributed by atoms with Gasteiger partial charge in [0.25, 0.3) is 0 Å². The predicted molar refractivity (Wildman–Crippen MR) is 84.8 cm³/mol. The molecule has 0 aromatic carbocycles. The first-order valence-electron chi connectivity index (χ1n) is 7.60. The molecule has 1 heterocycles. The Hall–Kier alpha value is -1.13. The first-order valence-corrected chi connectivity index (χ1v) is 7.60. The zero-order chi connectivity index (χ0) is 15.0. The standard InChI is InChI=1S/C16H29N3O/c1-5-9-19-15(16(6-2,7-3)20-4)11-13-12-18-10-8-14(13)17/h8,10,12,15,19H,5-7,9,11H2,1-4H3,(H2,17,18). The van der Waals surface area contributed by atoms with E-state index in [0.717, 1.165) is 43.5 Å². The molecule has 0 amide bonds. The van der Waals surface area contributed by atoms with Crippen LogP contribution in [0.1, 0.15) is 45.6 Å². The number of methoxy groups -OCH3 is 1. The number of pyridine rings is 1. The minimum Gasteiger partial charge on any atom is -0.398 e. The Bertz CT molecular complexity index is 383. The Morgan fingerprint density at radius 2 is 2.05 bits per heavy atom. The van der Waals surface area contributed by atoms with E-state index in [1.807, 2.05) is 12.3 Å². The molecule has 1 rings (SSSR count). The smallest absolute Gasteiger partial charge is 0.0829 e. The fourth-order valence-corrected chi connectivity index (χ4v) is 2.76. The fourth-order valence-electron chi connectivity index (χ4n) is 2.76. The quantitative estimate of drug-likeness (QED) is 0.729. The molecule has 4 nitrogen and oxygen atoms in total. The van der Waals surface area contributed by atoms with Crippen LogP contribution in [0.2, 0.25) is 0 Å². The van der Waals surface area contributed by atoms with Gasteiger partial charge in [-0.25, -0.2) is 0 Å². The van der Waals surface area contributed by atoms with Crippen LogP contribution < -0.4 is 11.1 Å². The third-order valence-electron chi connectivity index (χ3n) is 4.24. The first kappa shape index (κ1) is 16.9. The Morgan fingerprint density at radius 1 is 1.35 bits per heavy atom. The van der Waals surface area contributed by atoms with Crippen molar-refractivity contribution in [2.45, 2.75) is 58.1 Å². The van der Waals surface area contributed by atoms with Crippen LogP contribution in [0.4, 0.5) is 5.69 Å². The summed E-state index contributed by atoms with van der Waals surface area (Å²) in [6, 6.07) is 2.10. The number of nitrogens with one attached hydrogen (secondary N) is 1. The molecule has 1 aromatic heterocycles. The molecule has 0 aliphatic rings. The molecule has 0 aliphatic carbocycles. The van der Waals surface area contributed by atoms with Crippen molar-refractivity contribution in [1.29, 1.82) is 0 Å². The van der Waals surface area contributed by atoms with Crippen molar-refractivity contribution in [3.63, 3.8) is 0 Å². The van der Waals surface area contributed by atoms with Crippen molar-refractivity contribution >= 4 is 5.69 Å². The molecule has 20 heavy (non-hydrogen) atoms. The van der Waals surface area contributed by atoms with Crippen LogP contribution in [0, 0.1) is 0 Å². The van der Waals surface area contributed by atoms with E-state index >= 15 is 0 Å². The van der Waals surface area contributed by atoms with Crippen LogP contribution in [-0.2, 0) is 11.2 Å². The van der Waals surface area contributed by atoms with Gasteiger partial charge in [-0.3, -0.25) is 4.98 Å². The van der Waals surface area contributed by atoms with Gasteiger partial charge < -0.3 is 15.8 Å². The normalized spacial score (nSPS) is 13.4. The number of aromatic nitrogens is 1. The van der Waals surface area contributed by atoms with Crippen molar-refractivity contribution in [2.24, 2.45) is 0 Å². The van der Waals surface area contributed by atoms with E-state index in [2.05, 4.69) is 31.1 Å². The first-order chi connectivity index (χ1) is 9.63. The van der Waals surface area contributed by atoms with E-state index in [1.54, 1.807) is 13.3 Å². The minimum atomic E-state index is -0.155. The topological polar surface area (TPSA) is 60.2 Å². The molecule has 114 valence electrons. The van der Waals surface area contributed by atoms with Gasteiger partial charge in [0.1, 0.15) is 0 Å². The van der Waals surface area contributed by atoms with Gasteiger partial charge in [0.15, 0.2) is 0 Å². The molecule has 0 aliphatic heterocycles. The maximum atomic E-state index is 6.06. The highest BCUT2D eigenvalue weighted by Gasteiger charge is 2.35. The van der Waals surface area contributed by atoms with Gasteiger partial charge in [-0.1, -0.05) is 20.8 Å². The summed E-state index contributed by atoms with van der Waals surface area (Å²) in [7, 11) is 1.81. The van der Waals surface area contributed by atoms with Gasteiger partial charge in [-0.15, -0.1) is 0 Å². The molecule has 0 spiro atoms. The zero-order valence-electron chi connectivity index (χ0n) is 13.3. The Balaban J connectivity index is 2.96. The Labute approximate surface area is 123 Å². The Kier molecular flexibility index (Phi) is 6.96. The molecule has 0 bridgehead atoms. The van der Waals surface area contributed by atoms with E-state index in [-0.39, 0.29) is 11.6 Å². The maximum Gasteiger partial charge on any atom is 0.0829 e. The zero-order valence-corrected chi connectivity index (χ0v) is 13.3. The summed E-state index contributed by atoms with van der Waals surface area (Å²) >= 11 is 0. The molecule has 0 fully saturated rings. The lowest BCUT2D eigenvalue weighted by Crippen LogP contribution is -2.53. The van der Waals surface area contributed by atoms with Gasteiger partial charge in [0.05, 0.1) is 5.60 Å². The summed E-state index contributed by atoms with van der Waals surface area (Å²) in [5, 5.41) is 3.63. The molecule has 1 aromatic rings. The third-order valence-corrected chi connectivity index (χ3v) is 4.24. The lowest BCUT2D eigenvalue weighted by Gasteiger charge is -2.39. The van der Waals surface area contributed by atoms with Gasteiger partial charge in [0, 0.05) is 31.2 Å². The molecule has 1 atom stereocenters. The van der Waals surface area contributed by atoms with Crippen molar-refractivity contribution in [3.8, 4) is 0 Å². The van der Waals surface area contributed by atoms with Gasteiger partial charge in [-0.2, -0.15) is 0 Å². The highest BCUT2D eigenvalue weighted by atomic mass is 16.5. The number of nitrogen functional groups attached to an aromatic ring is 1. The molecule has 4 heteroatoms. The lowest BCUT2D eigenvalue weighted by atomic mass is 9.84. The van der Waals surface area contributed by atoms with E-state index in [9.17, 15) is 0 Å². The van der Waals surface area contributed by atoms with Crippen LogP contribution in [0.25, 0.3) is 0 Å². The maximum absolute atomic E-state index is 6.06. The second-order valence-corrected chi connectivity index (χ2v) is 5.26. The molecule has 0 radical (unpaired) electrons. The van der Waals surface area contributed by atoms with E-state index in [4.69, 9.17) is 10.5 Å². The average Bonchev–Trinajstić information content (AvgIpc) is 2.48. The van der Waals surface area contributed by atoms with Crippen molar-refractivity contribution < 1.29 is 4.74 Å². The van der Waals surface area contributed by atoms with Crippen LogP contribution in [0.15, 0.2) is 18.5 Å². The number of ether oxygens (including phenoxy) is 1. The molecule has 0 saturated heterocycles. The van der Waals surface area contributed by atoms with Gasteiger partial charge in [0.2, 0.25) is 0 Å². The molecule has 1 unspecified atom stereocenters. The fraction of sp³-hybridized carbons (Fsp3) is 0.688. The molecular formula is C16H29N3O. The minimum absolute atomic E-state index is 0.155. The lowest BCUT2D eigenvalue weighted by molar-refractivity contribution is -0.0471. The summed E-state index contributed by atoms with van der Waals surface area (Å²) in [6.45, 7) is 7.52. The van der Waals surface area contributed by atoms with Gasteiger partial charge >= 0.3 is 0 Å². The number of anilines is 1. The second-order valence-electron chi connectivity index (χ2n) is 5.26. The molecule has 0 saturated carbocycles. The number of nitrogens with two attached hydrogens (primary N) is 1. The van der Waals surface area contributed by atoms with E-state index in [1.165, 1.54) is 0 Å². The number of rotatable bonds is 9. The Morgan fingerprint density at radius 3 is 2.55 bits per heavy atom. The van der Waals surface area contributed by atoms with Crippen LogP contribution in [0.3, 0.4) is 0 Å². The highest BCUT2D eigenvalue weighted by molar-refractivity contribution is 5.44. The largest absolute Gasteiger partial charge is 0.398 e. The number of nitrogens with zero attached hydrogens (tertiary/aromatic N) is 1. The number of hydrogen-bond donors (Lipinski definition) is 2. The van der Waals surface area contributed by atoms with Crippen LogP contribution in [-0.4, -0.2) is 30.3 Å². The van der Waals surface area contributed by atoms with E-state index in [0.29, 0.717) is 0 Å². The monoisotopic (exact) mass is 279 g/mol. The van der Waals surface area contributed by atoms with Crippen molar-refractivity contribution in [1.82, 2.24) is 10.3 Å². The van der Waals surface area contributed by atoms with Crippen LogP contribution in [0.5, 0.6) is 0 Å². The van der Waals surface area contributed by atoms with Gasteiger partial charge in [-0.05, 0) is 43.9 Å². The summed E-state index contributed by atoms with van der Waals surface area (Å²) in [5.41, 5.74) is 7.79. The summed E-state index contributed by atoms with van der Waals surface area (Å²) in [4.78, 5) is 4.19. The summed E-state index contributed by atoms with van der Waals surface area (Å²) in [5.74, 6) is 0. The number of hydrogen-bond acceptors (Lipinski definition) is 4. The average molecular weight is 279 g/mol. The third kappa shape index (κ3) is 3.93. The van der Waals surface area contributed by atoms with Crippen LogP contribution >= 0.6 is 0 Å². The summed E-state index contributed by atoms with van der Waals surface area (Å²) < 4.78 is 5.88. The van der Waals surface area contributed by atoms with Crippen molar-refractivity contribution in [2.75, 3.05) is 19.4 Å². The summed E-state index contributed by atoms with van der Waals surface area (Å²) in [6.07, 6.45) is 7.49. The van der Waals surface area contributed by atoms with Crippen molar-refractivity contribution in [3.05, 3.63) is 24.0 Å². The SMILES string of the molecule is CCCNC(Cc1cnccc1N)C(CC)(CC)OC. The highest BCUT2D eigenvalue weighted by Crippen LogP contribution is 2.27. The predicted octanol–water partition coefficient (Wildman–Crippen LogP) is 2.78. The molecule has 3 N–H and O–H groups in total.